The van der Waals surface area contributed by atoms with Gasteiger partial charge in [-0.05, 0) is 72.3 Å². The lowest BCUT2D eigenvalue weighted by molar-refractivity contribution is 0.0600. The van der Waals surface area contributed by atoms with Crippen molar-refractivity contribution in [2.75, 3.05) is 17.7 Å². The second kappa shape index (κ2) is 10.7. The number of esters is 1. The molecule has 2 N–H and O–H groups in total. The Morgan fingerprint density at radius 3 is 2.09 bits per heavy atom. The average molecular weight is 471 g/mol. The van der Waals surface area contributed by atoms with Crippen LogP contribution in [-0.2, 0) is 11.3 Å². The molecule has 170 valence electrons. The SMILES string of the molecule is COC(=O)c1cc(Nc2ccccc2)cc(C(=O)c2ccc(NCc3ccc(Cl)cc3)cc2)c1. The summed E-state index contributed by atoms with van der Waals surface area (Å²) in [6.45, 7) is 0.639. The Labute approximate surface area is 203 Å². The van der Waals surface area contributed by atoms with E-state index in [9.17, 15) is 9.59 Å². The van der Waals surface area contributed by atoms with E-state index in [-0.39, 0.29) is 5.78 Å². The van der Waals surface area contributed by atoms with Crippen LogP contribution in [0.25, 0.3) is 0 Å². The summed E-state index contributed by atoms with van der Waals surface area (Å²) in [5, 5.41) is 7.26. The maximum atomic E-state index is 13.2. The van der Waals surface area contributed by atoms with Gasteiger partial charge in [-0.3, -0.25) is 4.79 Å². The van der Waals surface area contributed by atoms with Crippen LogP contribution in [-0.4, -0.2) is 18.9 Å². The van der Waals surface area contributed by atoms with Crippen molar-refractivity contribution in [1.29, 1.82) is 0 Å². The molecule has 0 aromatic heterocycles. The van der Waals surface area contributed by atoms with E-state index in [0.29, 0.717) is 33.9 Å². The summed E-state index contributed by atoms with van der Waals surface area (Å²) in [5.74, 6) is -0.696. The Morgan fingerprint density at radius 1 is 0.735 bits per heavy atom. The van der Waals surface area contributed by atoms with Crippen LogP contribution in [0, 0.1) is 0 Å². The monoisotopic (exact) mass is 470 g/mol. The summed E-state index contributed by atoms with van der Waals surface area (Å²) in [6.07, 6.45) is 0. The molecular formula is C28H23ClN2O3. The fourth-order valence-electron chi connectivity index (χ4n) is 3.47. The van der Waals surface area contributed by atoms with Gasteiger partial charge in [0, 0.05) is 39.8 Å². The van der Waals surface area contributed by atoms with Crippen LogP contribution < -0.4 is 10.6 Å². The Kier molecular flexibility index (Phi) is 7.25. The van der Waals surface area contributed by atoms with Gasteiger partial charge in [0.25, 0.3) is 0 Å². The number of ketones is 1. The van der Waals surface area contributed by atoms with E-state index in [1.54, 1.807) is 30.3 Å². The maximum Gasteiger partial charge on any atom is 0.337 e. The zero-order valence-corrected chi connectivity index (χ0v) is 19.3. The van der Waals surface area contributed by atoms with Gasteiger partial charge in [0.2, 0.25) is 0 Å². The molecule has 0 atom stereocenters. The summed E-state index contributed by atoms with van der Waals surface area (Å²) in [7, 11) is 1.32. The predicted molar refractivity (Wildman–Crippen MR) is 136 cm³/mol. The van der Waals surface area contributed by atoms with Gasteiger partial charge in [-0.1, -0.05) is 41.9 Å². The highest BCUT2D eigenvalue weighted by atomic mass is 35.5. The van der Waals surface area contributed by atoms with Crippen LogP contribution in [0.3, 0.4) is 0 Å². The Morgan fingerprint density at radius 2 is 1.41 bits per heavy atom. The molecule has 0 saturated carbocycles. The van der Waals surface area contributed by atoms with Gasteiger partial charge in [-0.25, -0.2) is 4.79 Å². The number of carbonyl (C=O) groups excluding carboxylic acids is 2. The number of nitrogens with one attached hydrogen (secondary N) is 2. The number of para-hydroxylation sites is 1. The molecule has 0 heterocycles. The van der Waals surface area contributed by atoms with Crippen LogP contribution in [0.15, 0.2) is 97.1 Å². The lowest BCUT2D eigenvalue weighted by Crippen LogP contribution is -2.08. The first-order valence-electron chi connectivity index (χ1n) is 10.7. The molecule has 4 aromatic rings. The average Bonchev–Trinajstić information content (AvgIpc) is 2.88. The van der Waals surface area contributed by atoms with E-state index in [0.717, 1.165) is 16.9 Å². The van der Waals surface area contributed by atoms with E-state index in [4.69, 9.17) is 16.3 Å². The lowest BCUT2D eigenvalue weighted by Gasteiger charge is -2.11. The molecule has 0 saturated heterocycles. The van der Waals surface area contributed by atoms with Crippen LogP contribution >= 0.6 is 11.6 Å². The van der Waals surface area contributed by atoms with Crippen molar-refractivity contribution in [3.8, 4) is 0 Å². The fourth-order valence-corrected chi connectivity index (χ4v) is 3.59. The maximum absolute atomic E-state index is 13.2. The molecule has 0 aliphatic heterocycles. The van der Waals surface area contributed by atoms with Crippen molar-refractivity contribution in [1.82, 2.24) is 0 Å². The van der Waals surface area contributed by atoms with E-state index < -0.39 is 5.97 Å². The van der Waals surface area contributed by atoms with Gasteiger partial charge in [0.15, 0.2) is 5.78 Å². The highest BCUT2D eigenvalue weighted by Gasteiger charge is 2.15. The lowest BCUT2D eigenvalue weighted by atomic mass is 10.00. The smallest absolute Gasteiger partial charge is 0.337 e. The molecule has 0 spiro atoms. The molecular weight excluding hydrogens is 448 g/mol. The molecule has 0 amide bonds. The summed E-state index contributed by atoms with van der Waals surface area (Å²) in [4.78, 5) is 25.4. The molecule has 0 radical (unpaired) electrons. The molecule has 0 aliphatic rings. The number of methoxy groups -OCH3 is 1. The molecule has 6 heteroatoms. The second-order valence-electron chi connectivity index (χ2n) is 7.67. The van der Waals surface area contributed by atoms with Gasteiger partial charge in [0.1, 0.15) is 0 Å². The third-order valence-electron chi connectivity index (χ3n) is 5.24. The third-order valence-corrected chi connectivity index (χ3v) is 5.49. The molecule has 4 aromatic carbocycles. The summed E-state index contributed by atoms with van der Waals surface area (Å²) < 4.78 is 4.87. The first-order valence-corrected chi connectivity index (χ1v) is 11.1. The Bertz CT molecular complexity index is 1290. The number of benzene rings is 4. The molecule has 5 nitrogen and oxygen atoms in total. The Hall–Kier alpha value is -4.09. The zero-order valence-electron chi connectivity index (χ0n) is 18.5. The van der Waals surface area contributed by atoms with E-state index >= 15 is 0 Å². The number of rotatable bonds is 8. The van der Waals surface area contributed by atoms with Crippen LogP contribution in [0.1, 0.15) is 31.8 Å². The van der Waals surface area contributed by atoms with Crippen molar-refractivity contribution in [2.24, 2.45) is 0 Å². The molecule has 0 unspecified atom stereocenters. The quantitative estimate of drug-likeness (QED) is 0.221. The number of ether oxygens (including phenoxy) is 1. The minimum absolute atomic E-state index is 0.189. The van der Waals surface area contributed by atoms with Crippen LogP contribution in [0.5, 0.6) is 0 Å². The first-order chi connectivity index (χ1) is 16.5. The minimum Gasteiger partial charge on any atom is -0.465 e. The minimum atomic E-state index is -0.507. The second-order valence-corrected chi connectivity index (χ2v) is 8.10. The molecule has 0 bridgehead atoms. The summed E-state index contributed by atoms with van der Waals surface area (Å²) in [6, 6.07) is 29.4. The van der Waals surface area contributed by atoms with Gasteiger partial charge < -0.3 is 15.4 Å². The van der Waals surface area contributed by atoms with Crippen LogP contribution in [0.2, 0.25) is 5.02 Å². The number of hydrogen-bond donors (Lipinski definition) is 2. The van der Waals surface area contributed by atoms with Crippen LogP contribution in [0.4, 0.5) is 17.1 Å². The molecule has 4 rings (SSSR count). The van der Waals surface area contributed by atoms with E-state index in [2.05, 4.69) is 10.6 Å². The Balaban J connectivity index is 1.53. The van der Waals surface area contributed by atoms with Gasteiger partial charge in [-0.15, -0.1) is 0 Å². The largest absolute Gasteiger partial charge is 0.465 e. The number of carbonyl (C=O) groups is 2. The van der Waals surface area contributed by atoms with Crippen molar-refractivity contribution < 1.29 is 14.3 Å². The fraction of sp³-hybridized carbons (Fsp3) is 0.0714. The number of halogens is 1. The van der Waals surface area contributed by atoms with E-state index in [1.165, 1.54) is 7.11 Å². The third kappa shape index (κ3) is 5.82. The molecule has 0 fully saturated rings. The van der Waals surface area contributed by atoms with E-state index in [1.807, 2.05) is 66.7 Å². The standard InChI is InChI=1S/C28H23ClN2O3/c1-34-28(33)22-15-21(16-26(17-22)31-25-5-3-2-4-6-25)27(32)20-9-13-24(14-10-20)30-18-19-7-11-23(29)12-8-19/h2-17,30-31H,18H2,1H3. The van der Waals surface area contributed by atoms with Gasteiger partial charge >= 0.3 is 5.97 Å². The van der Waals surface area contributed by atoms with Gasteiger partial charge in [-0.2, -0.15) is 0 Å². The summed E-state index contributed by atoms with van der Waals surface area (Å²) in [5.41, 5.74) is 4.67. The normalized spacial score (nSPS) is 10.4. The topological polar surface area (TPSA) is 67.4 Å². The first kappa shape index (κ1) is 23.1. The predicted octanol–water partition coefficient (Wildman–Crippen LogP) is 6.71. The highest BCUT2D eigenvalue weighted by molar-refractivity contribution is 6.30. The van der Waals surface area contributed by atoms with Gasteiger partial charge in [0.05, 0.1) is 12.7 Å². The molecule has 0 aliphatic carbocycles. The number of hydrogen-bond acceptors (Lipinski definition) is 5. The number of anilines is 3. The van der Waals surface area contributed by atoms with Crippen molar-refractivity contribution in [2.45, 2.75) is 6.54 Å². The highest BCUT2D eigenvalue weighted by Crippen LogP contribution is 2.23. The van der Waals surface area contributed by atoms with Crippen molar-refractivity contribution >= 4 is 40.4 Å². The summed E-state index contributed by atoms with van der Waals surface area (Å²) >= 11 is 5.93. The van der Waals surface area contributed by atoms with Crippen molar-refractivity contribution in [3.05, 3.63) is 124 Å². The molecule has 34 heavy (non-hydrogen) atoms. The van der Waals surface area contributed by atoms with Crippen molar-refractivity contribution in [3.63, 3.8) is 0 Å². The zero-order chi connectivity index (χ0) is 23.9.